The van der Waals surface area contributed by atoms with Crippen LogP contribution in [0.1, 0.15) is 123 Å². The molecule has 0 heterocycles. The summed E-state index contributed by atoms with van der Waals surface area (Å²) >= 11 is 1.36. The minimum atomic E-state index is -4.53. The van der Waals surface area contributed by atoms with Crippen LogP contribution in [-0.4, -0.2) is 58.7 Å². The topological polar surface area (TPSA) is 102 Å². The Morgan fingerprint density at radius 3 is 2.11 bits per heavy atom. The zero-order chi connectivity index (χ0) is 26.5. The van der Waals surface area contributed by atoms with E-state index in [1.165, 1.54) is 69.5 Å². The molecule has 1 fully saturated rings. The van der Waals surface area contributed by atoms with Gasteiger partial charge in [-0.1, -0.05) is 84.5 Å². The van der Waals surface area contributed by atoms with E-state index in [0.29, 0.717) is 24.7 Å². The van der Waals surface area contributed by atoms with E-state index in [1.54, 1.807) is 0 Å². The fourth-order valence-corrected chi connectivity index (χ4v) is 7.52. The predicted molar refractivity (Wildman–Crippen MR) is 149 cm³/mol. The van der Waals surface area contributed by atoms with Gasteiger partial charge in [0.2, 0.25) is 0 Å². The smallest absolute Gasteiger partial charge is 0.372 e. The van der Waals surface area contributed by atoms with Crippen molar-refractivity contribution >= 4 is 25.3 Å². The largest absolute Gasteiger partial charge is 0.479 e. The van der Waals surface area contributed by atoms with Crippen molar-refractivity contribution in [1.29, 1.82) is 0 Å². The molecule has 0 aromatic carbocycles. The van der Waals surface area contributed by atoms with Gasteiger partial charge in [-0.25, -0.2) is 4.79 Å². The maximum absolute atomic E-state index is 13.1. The Hall–Kier alpha value is -0.110. The Morgan fingerprint density at radius 1 is 0.861 bits per heavy atom. The van der Waals surface area contributed by atoms with Crippen LogP contribution in [-0.2, 0) is 23.4 Å². The molecule has 2 unspecified atom stereocenters. The second-order valence-corrected chi connectivity index (χ2v) is 13.1. The van der Waals surface area contributed by atoms with Crippen molar-refractivity contribution < 1.29 is 33.4 Å². The first-order valence-corrected chi connectivity index (χ1v) is 17.2. The molecule has 0 spiro atoms. The van der Waals surface area contributed by atoms with Crippen LogP contribution in [0.4, 0.5) is 0 Å². The molecule has 0 aromatic heterocycles. The SMILES string of the molecule is CCCCCCCCCCOC(CSCCCCCOC1CCCCC1)(C(=O)O)P(=O)(O)OCCC. The van der Waals surface area contributed by atoms with E-state index >= 15 is 0 Å². The third kappa shape index (κ3) is 13.6. The van der Waals surface area contributed by atoms with Crippen molar-refractivity contribution in [2.45, 2.75) is 134 Å². The van der Waals surface area contributed by atoms with Crippen LogP contribution in [0, 0.1) is 0 Å². The number of unbranched alkanes of at least 4 members (excludes halogenated alkanes) is 9. The summed E-state index contributed by atoms with van der Waals surface area (Å²) in [6, 6.07) is 0. The molecule has 1 saturated carbocycles. The summed E-state index contributed by atoms with van der Waals surface area (Å²) in [4.78, 5) is 22.9. The number of carbonyl (C=O) groups is 1. The lowest BCUT2D eigenvalue weighted by Crippen LogP contribution is -2.45. The zero-order valence-corrected chi connectivity index (χ0v) is 24.6. The van der Waals surface area contributed by atoms with Gasteiger partial charge in [0.15, 0.2) is 0 Å². The van der Waals surface area contributed by atoms with E-state index in [0.717, 1.165) is 45.1 Å². The van der Waals surface area contributed by atoms with Crippen molar-refractivity contribution in [1.82, 2.24) is 0 Å². The van der Waals surface area contributed by atoms with Crippen LogP contribution >= 0.6 is 19.4 Å². The first-order chi connectivity index (χ1) is 17.4. The van der Waals surface area contributed by atoms with Gasteiger partial charge in [-0.3, -0.25) is 4.57 Å². The number of rotatable bonds is 24. The minimum absolute atomic E-state index is 0.0234. The molecular formula is C27H53O7PS. The van der Waals surface area contributed by atoms with Gasteiger partial charge in [0.1, 0.15) is 0 Å². The fraction of sp³-hybridized carbons (Fsp3) is 0.963. The summed E-state index contributed by atoms with van der Waals surface area (Å²) in [6.07, 6.45) is 18.8. The fourth-order valence-electron chi connectivity index (χ4n) is 4.42. The van der Waals surface area contributed by atoms with Gasteiger partial charge >= 0.3 is 13.6 Å². The second-order valence-electron chi connectivity index (χ2n) is 10.0. The standard InChI is InChI=1S/C27H53O7PS/c1-3-5-6-7-8-9-10-16-22-33-27(26(28)29,35(30,31)34-20-4-2)24-36-23-17-12-15-21-32-25-18-13-11-14-19-25/h25H,3-24H2,1-2H3,(H,28,29)(H,30,31). The number of hydrogen-bond acceptors (Lipinski definition) is 6. The van der Waals surface area contributed by atoms with Crippen LogP contribution < -0.4 is 0 Å². The van der Waals surface area contributed by atoms with Crippen molar-refractivity contribution in [2.75, 3.05) is 31.3 Å². The highest BCUT2D eigenvalue weighted by Gasteiger charge is 2.57. The molecule has 2 N–H and O–H groups in total. The number of thioether (sulfide) groups is 1. The zero-order valence-electron chi connectivity index (χ0n) is 22.9. The van der Waals surface area contributed by atoms with E-state index in [2.05, 4.69) is 6.92 Å². The molecule has 214 valence electrons. The van der Waals surface area contributed by atoms with Gasteiger partial charge in [0.25, 0.3) is 5.34 Å². The van der Waals surface area contributed by atoms with Gasteiger partial charge in [-0.2, -0.15) is 11.8 Å². The van der Waals surface area contributed by atoms with Gasteiger partial charge in [0, 0.05) is 19.0 Å². The van der Waals surface area contributed by atoms with Gasteiger partial charge in [0.05, 0.1) is 12.7 Å². The van der Waals surface area contributed by atoms with Crippen LogP contribution in [0.3, 0.4) is 0 Å². The van der Waals surface area contributed by atoms with Gasteiger partial charge in [-0.05, 0) is 44.3 Å². The highest BCUT2D eigenvalue weighted by atomic mass is 32.2. The van der Waals surface area contributed by atoms with Crippen LogP contribution in [0.2, 0.25) is 0 Å². The molecule has 0 aromatic rings. The predicted octanol–water partition coefficient (Wildman–Crippen LogP) is 7.79. The van der Waals surface area contributed by atoms with Crippen molar-refractivity contribution in [3.05, 3.63) is 0 Å². The Balaban J connectivity index is 2.44. The van der Waals surface area contributed by atoms with E-state index in [4.69, 9.17) is 14.0 Å². The molecule has 9 heteroatoms. The molecule has 2 atom stereocenters. The second kappa shape index (κ2) is 20.8. The van der Waals surface area contributed by atoms with Gasteiger partial charge < -0.3 is 24.0 Å². The first-order valence-electron chi connectivity index (χ1n) is 14.4. The van der Waals surface area contributed by atoms with Crippen LogP contribution in [0.5, 0.6) is 0 Å². The van der Waals surface area contributed by atoms with E-state index in [-0.39, 0.29) is 19.0 Å². The lowest BCUT2D eigenvalue weighted by atomic mass is 9.98. The van der Waals surface area contributed by atoms with Crippen molar-refractivity contribution in [2.24, 2.45) is 0 Å². The highest BCUT2D eigenvalue weighted by Crippen LogP contribution is 2.57. The third-order valence-electron chi connectivity index (χ3n) is 6.74. The molecule has 1 aliphatic carbocycles. The third-order valence-corrected chi connectivity index (χ3v) is 10.1. The minimum Gasteiger partial charge on any atom is -0.479 e. The first kappa shape index (κ1) is 33.9. The summed E-state index contributed by atoms with van der Waals surface area (Å²) in [6.45, 7) is 4.95. The average Bonchev–Trinajstić information content (AvgIpc) is 2.87. The molecule has 7 nitrogen and oxygen atoms in total. The lowest BCUT2D eigenvalue weighted by molar-refractivity contribution is -0.155. The molecule has 0 bridgehead atoms. The number of ether oxygens (including phenoxy) is 2. The van der Waals surface area contributed by atoms with Crippen LogP contribution in [0.25, 0.3) is 0 Å². The monoisotopic (exact) mass is 552 g/mol. The van der Waals surface area contributed by atoms with Crippen LogP contribution in [0.15, 0.2) is 0 Å². The summed E-state index contributed by atoms with van der Waals surface area (Å²) in [5.74, 6) is -0.819. The number of hydrogen-bond donors (Lipinski definition) is 2. The van der Waals surface area contributed by atoms with E-state index in [1.807, 2.05) is 6.92 Å². The Kier molecular flexibility index (Phi) is 19.6. The van der Waals surface area contributed by atoms with E-state index in [9.17, 15) is 19.4 Å². The van der Waals surface area contributed by atoms with E-state index < -0.39 is 18.9 Å². The number of aliphatic carboxylic acids is 1. The number of carboxylic acids is 1. The van der Waals surface area contributed by atoms with Crippen molar-refractivity contribution in [3.63, 3.8) is 0 Å². The Morgan fingerprint density at radius 2 is 1.47 bits per heavy atom. The van der Waals surface area contributed by atoms with Gasteiger partial charge in [-0.15, -0.1) is 0 Å². The summed E-state index contributed by atoms with van der Waals surface area (Å²) in [7, 11) is -4.53. The maximum atomic E-state index is 13.1. The normalized spacial score (nSPS) is 18.1. The molecule has 0 radical (unpaired) electrons. The summed E-state index contributed by atoms with van der Waals surface area (Å²) in [5, 5.41) is 7.79. The average molecular weight is 553 g/mol. The molecular weight excluding hydrogens is 499 g/mol. The van der Waals surface area contributed by atoms with Crippen molar-refractivity contribution in [3.8, 4) is 0 Å². The lowest BCUT2D eigenvalue weighted by Gasteiger charge is -2.32. The molecule has 0 amide bonds. The Bertz CT molecular complexity index is 601. The molecule has 0 saturated heterocycles. The summed E-state index contributed by atoms with van der Waals surface area (Å²) < 4.78 is 29.9. The quantitative estimate of drug-likeness (QED) is 0.0924. The summed E-state index contributed by atoms with van der Waals surface area (Å²) in [5.41, 5.74) is 0. The highest BCUT2D eigenvalue weighted by molar-refractivity contribution is 7.99. The molecule has 36 heavy (non-hydrogen) atoms. The Labute approximate surface area is 224 Å². The molecule has 1 rings (SSSR count). The maximum Gasteiger partial charge on any atom is 0.372 e. The number of carboxylic acid groups (broad SMARTS) is 1. The molecule has 1 aliphatic rings. The molecule has 0 aliphatic heterocycles.